The lowest BCUT2D eigenvalue weighted by molar-refractivity contribution is -0.142. The van der Waals surface area contributed by atoms with Gasteiger partial charge in [-0.25, -0.2) is 4.79 Å². The van der Waals surface area contributed by atoms with Crippen LogP contribution in [0.5, 0.6) is 0 Å². The van der Waals surface area contributed by atoms with Crippen LogP contribution in [0.3, 0.4) is 0 Å². The number of likely N-dealkylation sites (N-methyl/N-ethyl adjacent to an activating group) is 1. The fraction of sp³-hybridized carbons (Fsp3) is 0.385. The van der Waals surface area contributed by atoms with Gasteiger partial charge in [-0.2, -0.15) is 5.26 Å². The molecule has 0 unspecified atom stereocenters. The van der Waals surface area contributed by atoms with Gasteiger partial charge < -0.3 is 10.0 Å². The predicted octanol–water partition coefficient (Wildman–Crippen LogP) is 3.01. The summed E-state index contributed by atoms with van der Waals surface area (Å²) in [6.45, 7) is 5.78. The number of anilines is 1. The van der Waals surface area contributed by atoms with Gasteiger partial charge in [0.1, 0.15) is 11.6 Å². The minimum absolute atomic E-state index is 0.530. The smallest absolute Gasteiger partial charge is 0.328 e. The summed E-state index contributed by atoms with van der Waals surface area (Å²) in [7, 11) is 0. The zero-order valence-corrected chi connectivity index (χ0v) is 12.2. The number of nitriles is 1. The second-order valence-electron chi connectivity index (χ2n) is 4.38. The van der Waals surface area contributed by atoms with Crippen molar-refractivity contribution < 1.29 is 9.90 Å². The van der Waals surface area contributed by atoms with Crippen molar-refractivity contribution in [2.24, 2.45) is 0 Å². The largest absolute Gasteiger partial charge is 0.480 e. The maximum atomic E-state index is 11.3. The Hall–Kier alpha value is -1.54. The van der Waals surface area contributed by atoms with Gasteiger partial charge in [0.15, 0.2) is 0 Å². The van der Waals surface area contributed by atoms with Crippen LogP contribution in [0.25, 0.3) is 0 Å². The van der Waals surface area contributed by atoms with Crippen LogP contribution in [0.2, 0.25) is 0 Å². The highest BCUT2D eigenvalue weighted by atomic mass is 79.9. The summed E-state index contributed by atoms with van der Waals surface area (Å²) in [4.78, 5) is 13.1. The van der Waals surface area contributed by atoms with Crippen LogP contribution < -0.4 is 4.90 Å². The van der Waals surface area contributed by atoms with Crippen LogP contribution in [0.1, 0.15) is 26.3 Å². The Morgan fingerprint density at radius 3 is 2.56 bits per heavy atom. The summed E-state index contributed by atoms with van der Waals surface area (Å²) in [6, 6.07) is 7.27. The van der Waals surface area contributed by atoms with Crippen LogP contribution in [-0.2, 0) is 4.79 Å². The number of rotatable bonds is 4. The normalized spacial score (nSPS) is 10.8. The summed E-state index contributed by atoms with van der Waals surface area (Å²) in [5, 5.41) is 18.1. The van der Waals surface area contributed by atoms with Gasteiger partial charge in [0.25, 0.3) is 0 Å². The van der Waals surface area contributed by atoms with E-state index in [1.54, 1.807) is 36.9 Å². The van der Waals surface area contributed by atoms with Crippen LogP contribution in [0, 0.1) is 11.3 Å². The lowest BCUT2D eigenvalue weighted by Gasteiger charge is -2.36. The first-order chi connectivity index (χ1) is 8.34. The maximum absolute atomic E-state index is 11.3. The molecule has 0 bridgehead atoms. The second kappa shape index (κ2) is 5.40. The van der Waals surface area contributed by atoms with Crippen LogP contribution in [-0.4, -0.2) is 23.2 Å². The molecule has 18 heavy (non-hydrogen) atoms. The van der Waals surface area contributed by atoms with Crippen molar-refractivity contribution in [3.8, 4) is 6.07 Å². The Balaban J connectivity index is 3.23. The molecule has 1 aromatic rings. The molecule has 0 aliphatic heterocycles. The number of carbonyl (C=O) groups is 1. The summed E-state index contributed by atoms with van der Waals surface area (Å²) in [5.74, 6) is -0.884. The van der Waals surface area contributed by atoms with E-state index in [1.165, 1.54) is 0 Å². The molecule has 1 rings (SSSR count). The third-order valence-corrected chi connectivity index (χ3v) is 3.56. The highest BCUT2D eigenvalue weighted by Crippen LogP contribution is 2.28. The second-order valence-corrected chi connectivity index (χ2v) is 5.24. The molecule has 0 fully saturated rings. The Morgan fingerprint density at radius 1 is 1.56 bits per heavy atom. The van der Waals surface area contributed by atoms with E-state index >= 15 is 0 Å². The van der Waals surface area contributed by atoms with Gasteiger partial charge in [0, 0.05) is 16.7 Å². The highest BCUT2D eigenvalue weighted by molar-refractivity contribution is 9.10. The summed E-state index contributed by atoms with van der Waals surface area (Å²) < 4.78 is 0.669. The van der Waals surface area contributed by atoms with Crippen molar-refractivity contribution in [3.63, 3.8) is 0 Å². The molecule has 5 heteroatoms. The Labute approximate surface area is 115 Å². The number of halogens is 1. The van der Waals surface area contributed by atoms with Crippen LogP contribution >= 0.6 is 15.9 Å². The predicted molar refractivity (Wildman–Crippen MR) is 73.6 cm³/mol. The molecule has 1 aromatic carbocycles. The number of carboxylic acids is 1. The van der Waals surface area contributed by atoms with Gasteiger partial charge in [0.2, 0.25) is 0 Å². The van der Waals surface area contributed by atoms with Gasteiger partial charge in [0.05, 0.1) is 5.56 Å². The lowest BCUT2D eigenvalue weighted by atomic mass is 10.0. The Kier molecular flexibility index (Phi) is 4.36. The number of nitrogens with zero attached hydrogens (tertiary/aromatic N) is 2. The molecule has 0 saturated heterocycles. The van der Waals surface area contributed by atoms with E-state index in [-0.39, 0.29) is 0 Å². The van der Waals surface area contributed by atoms with Crippen molar-refractivity contribution in [1.82, 2.24) is 0 Å². The fourth-order valence-corrected chi connectivity index (χ4v) is 2.23. The molecular formula is C13H15BrN2O2. The van der Waals surface area contributed by atoms with E-state index < -0.39 is 11.5 Å². The van der Waals surface area contributed by atoms with Gasteiger partial charge >= 0.3 is 5.97 Å². The van der Waals surface area contributed by atoms with Gasteiger partial charge in [-0.05, 0) is 54.9 Å². The minimum atomic E-state index is -0.998. The molecule has 0 radical (unpaired) electrons. The first-order valence-electron chi connectivity index (χ1n) is 5.55. The molecule has 0 atom stereocenters. The molecular weight excluding hydrogens is 296 g/mol. The topological polar surface area (TPSA) is 64.3 Å². The number of benzene rings is 1. The number of hydrogen-bond donors (Lipinski definition) is 1. The molecule has 96 valence electrons. The average molecular weight is 311 g/mol. The third-order valence-electron chi connectivity index (χ3n) is 2.90. The van der Waals surface area contributed by atoms with Gasteiger partial charge in [-0.1, -0.05) is 0 Å². The number of carboxylic acid groups (broad SMARTS) is 1. The molecule has 0 aliphatic rings. The summed E-state index contributed by atoms with van der Waals surface area (Å²) in [6.07, 6.45) is 0. The van der Waals surface area contributed by atoms with Crippen LogP contribution in [0.15, 0.2) is 22.7 Å². The monoisotopic (exact) mass is 310 g/mol. The van der Waals surface area contributed by atoms with E-state index in [9.17, 15) is 9.90 Å². The summed E-state index contributed by atoms with van der Waals surface area (Å²) in [5.41, 5.74) is 0.307. The molecule has 0 aliphatic carbocycles. The molecule has 0 saturated carbocycles. The molecule has 0 aromatic heterocycles. The Morgan fingerprint density at radius 2 is 2.17 bits per heavy atom. The third kappa shape index (κ3) is 2.65. The first kappa shape index (κ1) is 14.5. The van der Waals surface area contributed by atoms with E-state index in [0.29, 0.717) is 16.6 Å². The average Bonchev–Trinajstić information content (AvgIpc) is 2.29. The molecule has 0 amide bonds. The van der Waals surface area contributed by atoms with E-state index in [0.717, 1.165) is 5.69 Å². The van der Waals surface area contributed by atoms with Crippen molar-refractivity contribution in [1.29, 1.82) is 5.26 Å². The lowest BCUT2D eigenvalue weighted by Crippen LogP contribution is -2.50. The molecule has 1 N–H and O–H groups in total. The van der Waals surface area contributed by atoms with Crippen LogP contribution in [0.4, 0.5) is 5.69 Å². The number of hydrogen-bond acceptors (Lipinski definition) is 3. The summed E-state index contributed by atoms with van der Waals surface area (Å²) >= 11 is 3.31. The van der Waals surface area contributed by atoms with Crippen molar-refractivity contribution in [3.05, 3.63) is 28.2 Å². The van der Waals surface area contributed by atoms with E-state index in [1.807, 2.05) is 6.92 Å². The van der Waals surface area contributed by atoms with Crippen molar-refractivity contribution in [2.45, 2.75) is 26.3 Å². The fourth-order valence-electron chi connectivity index (χ4n) is 1.78. The zero-order valence-electron chi connectivity index (χ0n) is 10.6. The molecule has 0 spiro atoms. The first-order valence-corrected chi connectivity index (χ1v) is 6.34. The van der Waals surface area contributed by atoms with Gasteiger partial charge in [-0.3, -0.25) is 0 Å². The van der Waals surface area contributed by atoms with Crippen molar-refractivity contribution >= 4 is 27.6 Å². The quantitative estimate of drug-likeness (QED) is 0.928. The minimum Gasteiger partial charge on any atom is -0.480 e. The van der Waals surface area contributed by atoms with E-state index in [4.69, 9.17) is 5.26 Å². The molecule has 4 nitrogen and oxygen atoms in total. The Bertz CT molecular complexity index is 506. The van der Waals surface area contributed by atoms with E-state index in [2.05, 4.69) is 22.0 Å². The maximum Gasteiger partial charge on any atom is 0.328 e. The highest BCUT2D eigenvalue weighted by Gasteiger charge is 2.34. The SMILES string of the molecule is CCN(c1ccc(C#N)c(Br)c1)C(C)(C)C(=O)O. The van der Waals surface area contributed by atoms with Gasteiger partial charge in [-0.15, -0.1) is 0 Å². The standard InChI is InChI=1S/C13H15BrN2O2/c1-4-16(13(2,3)12(17)18)10-6-5-9(8-15)11(14)7-10/h5-7H,4H2,1-3H3,(H,17,18). The van der Waals surface area contributed by atoms with Crippen molar-refractivity contribution in [2.75, 3.05) is 11.4 Å². The number of aliphatic carboxylic acids is 1. The molecule has 0 heterocycles. The zero-order chi connectivity index (χ0) is 13.9.